The van der Waals surface area contributed by atoms with E-state index in [1.165, 1.54) is 18.7 Å². The second-order valence-corrected chi connectivity index (χ2v) is 8.10. The molecule has 2 unspecified atom stereocenters. The summed E-state index contributed by atoms with van der Waals surface area (Å²) in [6.07, 6.45) is 5.70. The number of hydrogen-bond donors (Lipinski definition) is 1. The second-order valence-electron chi connectivity index (χ2n) is 7.67. The average Bonchev–Trinajstić information content (AvgIpc) is 2.80. The Labute approximate surface area is 186 Å². The first kappa shape index (κ1) is 21.0. The summed E-state index contributed by atoms with van der Waals surface area (Å²) in [6, 6.07) is 15.1. The predicted molar refractivity (Wildman–Crippen MR) is 120 cm³/mol. The van der Waals surface area contributed by atoms with E-state index in [4.69, 9.17) is 11.6 Å². The highest BCUT2D eigenvalue weighted by Crippen LogP contribution is 2.39. The molecule has 31 heavy (non-hydrogen) atoms. The Balaban J connectivity index is 1.50. The SMILES string of the molecule is CC1CC(C(=O)NCCc2ccc(Cl)cc2)c2ccccc2N1C(=O)c1cncnc1. The molecule has 7 heteroatoms. The van der Waals surface area contributed by atoms with E-state index >= 15 is 0 Å². The fourth-order valence-corrected chi connectivity index (χ4v) is 4.15. The maximum absolute atomic E-state index is 13.1. The Kier molecular flexibility index (Phi) is 6.28. The van der Waals surface area contributed by atoms with Crippen LogP contribution in [0.15, 0.2) is 67.3 Å². The van der Waals surface area contributed by atoms with Crippen LogP contribution in [-0.4, -0.2) is 34.4 Å². The Hall–Kier alpha value is -3.25. The van der Waals surface area contributed by atoms with Gasteiger partial charge in [0, 0.05) is 35.7 Å². The van der Waals surface area contributed by atoms with Crippen molar-refractivity contribution in [3.8, 4) is 0 Å². The van der Waals surface area contributed by atoms with Gasteiger partial charge in [-0.25, -0.2) is 9.97 Å². The van der Waals surface area contributed by atoms with Crippen molar-refractivity contribution < 1.29 is 9.59 Å². The van der Waals surface area contributed by atoms with E-state index in [0.29, 0.717) is 23.6 Å². The quantitative estimate of drug-likeness (QED) is 0.658. The number of benzene rings is 2. The molecular weight excluding hydrogens is 412 g/mol. The van der Waals surface area contributed by atoms with Crippen LogP contribution in [0.1, 0.15) is 40.7 Å². The molecule has 2 aromatic carbocycles. The van der Waals surface area contributed by atoms with Crippen LogP contribution in [0, 0.1) is 0 Å². The molecule has 2 amide bonds. The van der Waals surface area contributed by atoms with Crippen LogP contribution >= 0.6 is 11.6 Å². The van der Waals surface area contributed by atoms with Gasteiger partial charge >= 0.3 is 0 Å². The van der Waals surface area contributed by atoms with Crippen LogP contribution < -0.4 is 10.2 Å². The van der Waals surface area contributed by atoms with Gasteiger partial charge in [0.2, 0.25) is 5.91 Å². The normalized spacial score (nSPS) is 17.7. The van der Waals surface area contributed by atoms with Crippen LogP contribution in [0.5, 0.6) is 0 Å². The number of halogens is 1. The first-order valence-electron chi connectivity index (χ1n) is 10.2. The zero-order valence-electron chi connectivity index (χ0n) is 17.2. The van der Waals surface area contributed by atoms with Crippen molar-refractivity contribution in [2.45, 2.75) is 31.7 Å². The van der Waals surface area contributed by atoms with Gasteiger partial charge in [-0.2, -0.15) is 0 Å². The summed E-state index contributed by atoms with van der Waals surface area (Å²) in [5.74, 6) is -0.502. The van der Waals surface area contributed by atoms with Gasteiger partial charge in [0.15, 0.2) is 0 Å². The number of nitrogens with zero attached hydrogens (tertiary/aromatic N) is 3. The molecule has 0 spiro atoms. The Bertz CT molecular complexity index is 1070. The molecule has 0 radical (unpaired) electrons. The van der Waals surface area contributed by atoms with Crippen LogP contribution in [0.4, 0.5) is 5.69 Å². The molecule has 2 atom stereocenters. The Morgan fingerprint density at radius 2 is 1.81 bits per heavy atom. The van der Waals surface area contributed by atoms with E-state index in [1.54, 1.807) is 4.90 Å². The molecule has 3 aromatic rings. The van der Waals surface area contributed by atoms with Crippen LogP contribution in [0.3, 0.4) is 0 Å². The van der Waals surface area contributed by atoms with Gasteiger partial charge in [0.05, 0.1) is 11.5 Å². The van der Waals surface area contributed by atoms with Gasteiger partial charge in [-0.05, 0) is 49.1 Å². The minimum atomic E-state index is -0.313. The third-order valence-corrected chi connectivity index (χ3v) is 5.81. The number of carbonyl (C=O) groups excluding carboxylic acids is 2. The van der Waals surface area contributed by atoms with Gasteiger partial charge < -0.3 is 10.2 Å². The van der Waals surface area contributed by atoms with E-state index in [2.05, 4.69) is 15.3 Å². The van der Waals surface area contributed by atoms with Crippen molar-refractivity contribution in [1.29, 1.82) is 0 Å². The van der Waals surface area contributed by atoms with E-state index in [9.17, 15) is 9.59 Å². The number of para-hydroxylation sites is 1. The van der Waals surface area contributed by atoms with Gasteiger partial charge in [0.25, 0.3) is 5.91 Å². The molecule has 0 fully saturated rings. The summed E-state index contributed by atoms with van der Waals surface area (Å²) < 4.78 is 0. The number of hydrogen-bond acceptors (Lipinski definition) is 4. The van der Waals surface area contributed by atoms with E-state index in [-0.39, 0.29) is 23.8 Å². The number of rotatable bonds is 5. The number of nitrogens with one attached hydrogen (secondary N) is 1. The molecule has 4 rings (SSSR count). The fraction of sp³-hybridized carbons (Fsp3) is 0.250. The monoisotopic (exact) mass is 434 g/mol. The largest absolute Gasteiger partial charge is 0.355 e. The van der Waals surface area contributed by atoms with Crippen molar-refractivity contribution >= 4 is 29.1 Å². The molecule has 1 aromatic heterocycles. The lowest BCUT2D eigenvalue weighted by Gasteiger charge is -2.38. The number of aromatic nitrogens is 2. The first-order valence-corrected chi connectivity index (χ1v) is 10.6. The summed E-state index contributed by atoms with van der Waals surface area (Å²) in [4.78, 5) is 35.8. The molecule has 0 bridgehead atoms. The van der Waals surface area contributed by atoms with Gasteiger partial charge in [0.1, 0.15) is 6.33 Å². The van der Waals surface area contributed by atoms with E-state index in [0.717, 1.165) is 23.2 Å². The highest BCUT2D eigenvalue weighted by molar-refractivity contribution is 6.30. The lowest BCUT2D eigenvalue weighted by Crippen LogP contribution is -2.46. The summed E-state index contributed by atoms with van der Waals surface area (Å²) in [6.45, 7) is 2.50. The van der Waals surface area contributed by atoms with E-state index < -0.39 is 0 Å². The maximum atomic E-state index is 13.1. The highest BCUT2D eigenvalue weighted by atomic mass is 35.5. The van der Waals surface area contributed by atoms with Gasteiger partial charge in [-0.1, -0.05) is 41.9 Å². The molecule has 158 valence electrons. The molecule has 6 nitrogen and oxygen atoms in total. The zero-order chi connectivity index (χ0) is 21.8. The van der Waals surface area contributed by atoms with Crippen LogP contribution in [-0.2, 0) is 11.2 Å². The lowest BCUT2D eigenvalue weighted by atomic mass is 9.85. The summed E-state index contributed by atoms with van der Waals surface area (Å²) in [5, 5.41) is 3.75. The third kappa shape index (κ3) is 4.59. The predicted octanol–water partition coefficient (Wildman–Crippen LogP) is 4.01. The summed E-state index contributed by atoms with van der Waals surface area (Å²) in [5.41, 5.74) is 3.15. The smallest absolute Gasteiger partial charge is 0.261 e. The zero-order valence-corrected chi connectivity index (χ0v) is 17.9. The number of carbonyl (C=O) groups is 2. The summed E-state index contributed by atoms with van der Waals surface area (Å²) >= 11 is 5.93. The molecule has 2 heterocycles. The minimum Gasteiger partial charge on any atom is -0.355 e. The van der Waals surface area contributed by atoms with Crippen molar-refractivity contribution in [1.82, 2.24) is 15.3 Å². The van der Waals surface area contributed by atoms with Crippen LogP contribution in [0.25, 0.3) is 0 Å². The molecular formula is C24H23ClN4O2. The van der Waals surface area contributed by atoms with Crippen molar-refractivity contribution in [3.05, 3.63) is 89.0 Å². The third-order valence-electron chi connectivity index (χ3n) is 5.56. The summed E-state index contributed by atoms with van der Waals surface area (Å²) in [7, 11) is 0. The fourth-order valence-electron chi connectivity index (χ4n) is 4.02. The standard InChI is InChI=1S/C24H23ClN4O2/c1-16-12-21(23(30)28-11-10-17-6-8-19(25)9-7-17)20-4-2-3-5-22(20)29(16)24(31)18-13-26-15-27-14-18/h2-9,13-16,21H,10-12H2,1H3,(H,28,30). The van der Waals surface area contributed by atoms with Crippen molar-refractivity contribution in [2.75, 3.05) is 11.4 Å². The Morgan fingerprint density at radius 1 is 1.10 bits per heavy atom. The molecule has 1 aliphatic rings. The molecule has 1 aliphatic heterocycles. The molecule has 0 saturated heterocycles. The number of anilines is 1. The minimum absolute atomic E-state index is 0.0246. The number of fused-ring (bicyclic) bond motifs is 1. The molecule has 0 aliphatic carbocycles. The topological polar surface area (TPSA) is 75.2 Å². The van der Waals surface area contributed by atoms with E-state index in [1.807, 2.05) is 55.5 Å². The number of amides is 2. The molecule has 1 N–H and O–H groups in total. The highest BCUT2D eigenvalue weighted by Gasteiger charge is 2.37. The van der Waals surface area contributed by atoms with Gasteiger partial charge in [-0.3, -0.25) is 9.59 Å². The lowest BCUT2D eigenvalue weighted by molar-refractivity contribution is -0.122. The maximum Gasteiger partial charge on any atom is 0.261 e. The van der Waals surface area contributed by atoms with Crippen LogP contribution in [0.2, 0.25) is 5.02 Å². The molecule has 0 saturated carbocycles. The van der Waals surface area contributed by atoms with Crippen molar-refractivity contribution in [3.63, 3.8) is 0 Å². The second kappa shape index (κ2) is 9.27. The van der Waals surface area contributed by atoms with Crippen molar-refractivity contribution in [2.24, 2.45) is 0 Å². The first-order chi connectivity index (χ1) is 15.0. The average molecular weight is 435 g/mol. The van der Waals surface area contributed by atoms with Gasteiger partial charge in [-0.15, -0.1) is 0 Å². The Morgan fingerprint density at radius 3 is 2.55 bits per heavy atom.